The van der Waals surface area contributed by atoms with Crippen molar-refractivity contribution in [2.45, 2.75) is 38.1 Å². The lowest BCUT2D eigenvalue weighted by molar-refractivity contribution is 0.122. The quantitative estimate of drug-likeness (QED) is 0.314. The molecule has 2 N–H and O–H groups in total. The third-order valence-corrected chi connectivity index (χ3v) is 9.41. The molecule has 214 valence electrons. The van der Waals surface area contributed by atoms with Gasteiger partial charge in [0, 0.05) is 40.6 Å². The van der Waals surface area contributed by atoms with Crippen molar-refractivity contribution in [3.63, 3.8) is 0 Å². The number of hydrogen-bond acceptors (Lipinski definition) is 4. The molecule has 1 aromatic heterocycles. The SMILES string of the molecule is CC1CC=c2c(nc(-c3ccc(Cl)cc3)n2-c2ccc(C3(N)CCC3)cc2)=CC=C1c1cccc(N2CCOCC2)c1. The summed E-state index contributed by atoms with van der Waals surface area (Å²) in [6.45, 7) is 5.74. The summed E-state index contributed by atoms with van der Waals surface area (Å²) in [7, 11) is 0. The second kappa shape index (κ2) is 11.2. The van der Waals surface area contributed by atoms with Crippen LogP contribution in [0.15, 0.2) is 78.9 Å². The van der Waals surface area contributed by atoms with E-state index in [4.69, 9.17) is 27.1 Å². The van der Waals surface area contributed by atoms with E-state index in [1.807, 2.05) is 24.3 Å². The normalized spacial score (nSPS) is 19.8. The van der Waals surface area contributed by atoms with Gasteiger partial charge in [0.1, 0.15) is 5.82 Å². The fraction of sp³-hybridized carbons (Fsp3) is 0.306. The molecule has 7 rings (SSSR count). The summed E-state index contributed by atoms with van der Waals surface area (Å²) in [5.74, 6) is 1.25. The van der Waals surface area contributed by atoms with Crippen LogP contribution in [0.25, 0.3) is 34.8 Å². The number of nitrogens with two attached hydrogens (primary N) is 1. The number of rotatable bonds is 5. The smallest absolute Gasteiger partial charge is 0.145 e. The number of allylic oxidation sites excluding steroid dienone is 2. The lowest BCUT2D eigenvalue weighted by Crippen LogP contribution is -2.43. The highest BCUT2D eigenvalue weighted by atomic mass is 35.5. The van der Waals surface area contributed by atoms with E-state index in [9.17, 15) is 0 Å². The predicted octanol–water partition coefficient (Wildman–Crippen LogP) is 6.05. The molecule has 2 heterocycles. The number of halogens is 1. The number of ether oxygens (including phenoxy) is 1. The third-order valence-electron chi connectivity index (χ3n) is 9.16. The van der Waals surface area contributed by atoms with Crippen molar-refractivity contribution >= 4 is 35.0 Å². The maximum Gasteiger partial charge on any atom is 0.145 e. The van der Waals surface area contributed by atoms with Crippen LogP contribution in [0, 0.1) is 5.92 Å². The average molecular weight is 577 g/mol. The lowest BCUT2D eigenvalue weighted by atomic mass is 9.73. The summed E-state index contributed by atoms with van der Waals surface area (Å²) in [5, 5.41) is 2.79. The van der Waals surface area contributed by atoms with E-state index >= 15 is 0 Å². The lowest BCUT2D eigenvalue weighted by Gasteiger charge is -2.38. The van der Waals surface area contributed by atoms with Gasteiger partial charge in [0.25, 0.3) is 0 Å². The molecule has 1 saturated heterocycles. The summed E-state index contributed by atoms with van der Waals surface area (Å²) in [6.07, 6.45) is 11.0. The maximum atomic E-state index is 6.65. The fourth-order valence-corrected chi connectivity index (χ4v) is 6.57. The number of anilines is 1. The first-order chi connectivity index (χ1) is 20.5. The Bertz CT molecular complexity index is 1740. The van der Waals surface area contributed by atoms with Gasteiger partial charge in [-0.1, -0.05) is 54.9 Å². The molecular weight excluding hydrogens is 540 g/mol. The van der Waals surface area contributed by atoms with Crippen molar-refractivity contribution in [1.82, 2.24) is 9.55 Å². The number of fused-ring (bicyclic) bond motifs is 1. The van der Waals surface area contributed by atoms with Crippen LogP contribution in [0.3, 0.4) is 0 Å². The minimum atomic E-state index is -0.184. The largest absolute Gasteiger partial charge is 0.378 e. The molecule has 0 radical (unpaired) electrons. The molecule has 5 nitrogen and oxygen atoms in total. The van der Waals surface area contributed by atoms with E-state index in [-0.39, 0.29) is 5.54 Å². The molecule has 1 saturated carbocycles. The molecule has 6 heteroatoms. The zero-order valence-corrected chi connectivity index (χ0v) is 24.9. The Balaban J connectivity index is 1.33. The van der Waals surface area contributed by atoms with Gasteiger partial charge in [0.05, 0.1) is 23.9 Å². The van der Waals surface area contributed by atoms with E-state index in [1.165, 1.54) is 28.8 Å². The van der Waals surface area contributed by atoms with Gasteiger partial charge in [0.2, 0.25) is 0 Å². The molecule has 0 amide bonds. The van der Waals surface area contributed by atoms with E-state index in [1.54, 1.807) is 0 Å². The summed E-state index contributed by atoms with van der Waals surface area (Å²) in [6, 6.07) is 25.7. The number of nitrogens with zero attached hydrogens (tertiary/aromatic N) is 3. The van der Waals surface area contributed by atoms with Crippen molar-refractivity contribution < 1.29 is 4.74 Å². The topological polar surface area (TPSA) is 56.3 Å². The maximum absolute atomic E-state index is 6.65. The van der Waals surface area contributed by atoms with Gasteiger partial charge in [-0.15, -0.1) is 0 Å². The predicted molar refractivity (Wildman–Crippen MR) is 173 cm³/mol. The molecule has 42 heavy (non-hydrogen) atoms. The first-order valence-corrected chi connectivity index (χ1v) is 15.5. The van der Waals surface area contributed by atoms with Crippen molar-refractivity contribution in [2.24, 2.45) is 11.7 Å². The molecule has 1 atom stereocenters. The number of morpholine rings is 1. The monoisotopic (exact) mass is 576 g/mol. The molecule has 2 aliphatic carbocycles. The molecule has 3 aromatic carbocycles. The number of aromatic nitrogens is 2. The number of imidazole rings is 1. The van der Waals surface area contributed by atoms with Crippen molar-refractivity contribution in [2.75, 3.05) is 31.2 Å². The van der Waals surface area contributed by atoms with Gasteiger partial charge in [-0.05, 0) is 103 Å². The molecule has 1 aliphatic heterocycles. The van der Waals surface area contributed by atoms with Crippen LogP contribution in [-0.4, -0.2) is 35.9 Å². The molecular formula is C36H37ClN4O. The highest BCUT2D eigenvalue weighted by Gasteiger charge is 2.34. The Morgan fingerprint density at radius 3 is 2.38 bits per heavy atom. The number of hydrogen-bond donors (Lipinski definition) is 1. The van der Waals surface area contributed by atoms with E-state index in [0.29, 0.717) is 10.9 Å². The summed E-state index contributed by atoms with van der Waals surface area (Å²) >= 11 is 6.26. The van der Waals surface area contributed by atoms with Crippen molar-refractivity contribution in [1.29, 1.82) is 0 Å². The van der Waals surface area contributed by atoms with Crippen LogP contribution in [0.2, 0.25) is 5.02 Å². The fourth-order valence-electron chi connectivity index (χ4n) is 6.44. The third kappa shape index (κ3) is 5.11. The molecule has 4 aromatic rings. The zero-order valence-electron chi connectivity index (χ0n) is 24.1. The highest BCUT2D eigenvalue weighted by Crippen LogP contribution is 2.39. The Hall–Kier alpha value is -3.64. The Kier molecular flexibility index (Phi) is 7.27. The highest BCUT2D eigenvalue weighted by molar-refractivity contribution is 6.30. The van der Waals surface area contributed by atoms with Gasteiger partial charge in [-0.3, -0.25) is 4.57 Å². The molecule has 0 bridgehead atoms. The Morgan fingerprint density at radius 2 is 1.67 bits per heavy atom. The molecule has 0 spiro atoms. The average Bonchev–Trinajstić information content (AvgIpc) is 3.36. The molecule has 1 unspecified atom stereocenters. The van der Waals surface area contributed by atoms with Gasteiger partial charge < -0.3 is 15.4 Å². The number of benzene rings is 3. The zero-order chi connectivity index (χ0) is 28.7. The molecule has 3 aliphatic rings. The first-order valence-electron chi connectivity index (χ1n) is 15.1. The van der Waals surface area contributed by atoms with E-state index in [0.717, 1.165) is 73.3 Å². The Labute approximate surface area is 252 Å². The van der Waals surface area contributed by atoms with Gasteiger partial charge in [-0.25, -0.2) is 4.98 Å². The first kappa shape index (κ1) is 27.2. The van der Waals surface area contributed by atoms with Crippen molar-refractivity contribution in [3.05, 3.63) is 106 Å². The van der Waals surface area contributed by atoms with Crippen LogP contribution in [0.4, 0.5) is 5.69 Å². The summed E-state index contributed by atoms with van der Waals surface area (Å²) in [5.41, 5.74) is 13.6. The van der Waals surface area contributed by atoms with Crippen LogP contribution in [0.1, 0.15) is 43.7 Å². The second-order valence-corrected chi connectivity index (χ2v) is 12.3. The summed E-state index contributed by atoms with van der Waals surface area (Å²) < 4.78 is 7.86. The van der Waals surface area contributed by atoms with Crippen LogP contribution in [-0.2, 0) is 10.3 Å². The van der Waals surface area contributed by atoms with E-state index in [2.05, 4.69) is 83.1 Å². The second-order valence-electron chi connectivity index (χ2n) is 11.9. The van der Waals surface area contributed by atoms with Crippen LogP contribution >= 0.6 is 11.6 Å². The summed E-state index contributed by atoms with van der Waals surface area (Å²) in [4.78, 5) is 7.63. The van der Waals surface area contributed by atoms with Gasteiger partial charge in [-0.2, -0.15) is 0 Å². The Morgan fingerprint density at radius 1 is 0.905 bits per heavy atom. The van der Waals surface area contributed by atoms with Crippen LogP contribution < -0.4 is 21.3 Å². The minimum absolute atomic E-state index is 0.184. The standard InChI is InChI=1S/C36H37ClN4O/c1-25-6-17-34-33(16-15-32(25)27-4-2-5-31(24-27)40-20-22-42-23-21-40)39-35(26-7-11-29(37)12-8-26)41(34)30-13-9-28(10-14-30)36(38)18-3-19-36/h2,4-5,7-17,24-25H,3,6,18-23,38H2,1H3. The molecule has 2 fully saturated rings. The van der Waals surface area contributed by atoms with Gasteiger partial charge >= 0.3 is 0 Å². The minimum Gasteiger partial charge on any atom is -0.378 e. The van der Waals surface area contributed by atoms with Gasteiger partial charge in [0.15, 0.2) is 0 Å². The van der Waals surface area contributed by atoms with Crippen molar-refractivity contribution in [3.8, 4) is 17.1 Å². The van der Waals surface area contributed by atoms with E-state index < -0.39 is 0 Å². The van der Waals surface area contributed by atoms with Crippen LogP contribution in [0.5, 0.6) is 0 Å².